The summed E-state index contributed by atoms with van der Waals surface area (Å²) in [5.74, 6) is -0.374. The summed E-state index contributed by atoms with van der Waals surface area (Å²) in [5.41, 5.74) is 0.659. The van der Waals surface area contributed by atoms with E-state index in [1.165, 1.54) is 24.2 Å². The molecule has 0 radical (unpaired) electrons. The highest BCUT2D eigenvalue weighted by Crippen LogP contribution is 2.29. The lowest BCUT2D eigenvalue weighted by atomic mass is 9.94. The van der Waals surface area contributed by atoms with E-state index in [2.05, 4.69) is 10.6 Å². The van der Waals surface area contributed by atoms with Crippen LogP contribution in [0.5, 0.6) is 0 Å². The zero-order valence-corrected chi connectivity index (χ0v) is 16.3. The van der Waals surface area contributed by atoms with Crippen LogP contribution in [0, 0.1) is 5.92 Å². The molecule has 0 spiro atoms. The molecular weight excluding hydrogens is 366 g/mol. The van der Waals surface area contributed by atoms with Gasteiger partial charge in [0.2, 0.25) is 0 Å². The second-order valence-electron chi connectivity index (χ2n) is 7.22. The monoisotopic (exact) mass is 393 g/mol. The van der Waals surface area contributed by atoms with E-state index in [1.54, 1.807) is 6.07 Å². The number of fused-ring (bicyclic) bond motifs is 1. The molecule has 1 aromatic rings. The fourth-order valence-electron chi connectivity index (χ4n) is 3.67. The highest BCUT2D eigenvalue weighted by molar-refractivity contribution is 7.14. The summed E-state index contributed by atoms with van der Waals surface area (Å²) < 4.78 is 0. The average Bonchev–Trinajstić information content (AvgIpc) is 3.10. The summed E-state index contributed by atoms with van der Waals surface area (Å²) in [6, 6.07) is 1.70. The first-order chi connectivity index (χ1) is 13.0. The molecule has 1 aromatic heterocycles. The molecule has 8 heteroatoms. The topological polar surface area (TPSA) is 98.7 Å². The van der Waals surface area contributed by atoms with Crippen LogP contribution in [0.3, 0.4) is 0 Å². The predicted octanol–water partition coefficient (Wildman–Crippen LogP) is 1.73. The second kappa shape index (κ2) is 9.32. The molecule has 3 heterocycles. The molecule has 7 nitrogen and oxygen atoms in total. The van der Waals surface area contributed by atoms with E-state index in [0.717, 1.165) is 43.9 Å². The first-order valence-electron chi connectivity index (χ1n) is 9.67. The minimum absolute atomic E-state index is 0.0335. The Kier molecular flexibility index (Phi) is 6.84. The number of carbonyl (C=O) groups is 3. The zero-order chi connectivity index (χ0) is 19.2. The molecule has 0 saturated carbocycles. The van der Waals surface area contributed by atoms with Gasteiger partial charge in [0.05, 0.1) is 10.4 Å². The number of nitrogens with zero attached hydrogens (tertiary/aromatic N) is 1. The SMILES string of the molecule is O=C(O)CCCNC(=O)c1cc2c(s1)CCN(CCC1CCNCC1)C2=O. The predicted molar refractivity (Wildman–Crippen MR) is 103 cm³/mol. The van der Waals surface area contributed by atoms with Crippen LogP contribution in [0.4, 0.5) is 0 Å². The molecule has 27 heavy (non-hydrogen) atoms. The third-order valence-corrected chi connectivity index (χ3v) is 6.47. The van der Waals surface area contributed by atoms with Crippen molar-refractivity contribution in [3.8, 4) is 0 Å². The van der Waals surface area contributed by atoms with Crippen molar-refractivity contribution in [3.63, 3.8) is 0 Å². The van der Waals surface area contributed by atoms with Gasteiger partial charge in [0.25, 0.3) is 11.8 Å². The van der Waals surface area contributed by atoms with Crippen LogP contribution in [0.15, 0.2) is 6.07 Å². The fraction of sp³-hybridized carbons (Fsp3) is 0.632. The first-order valence-corrected chi connectivity index (χ1v) is 10.5. The van der Waals surface area contributed by atoms with E-state index in [4.69, 9.17) is 5.11 Å². The molecule has 3 N–H and O–H groups in total. The minimum atomic E-state index is -0.869. The number of carboxylic acid groups (broad SMARTS) is 1. The third-order valence-electron chi connectivity index (χ3n) is 5.28. The Morgan fingerprint density at radius 1 is 1.33 bits per heavy atom. The summed E-state index contributed by atoms with van der Waals surface area (Å²) in [4.78, 5) is 39.0. The summed E-state index contributed by atoms with van der Waals surface area (Å²) >= 11 is 1.38. The molecule has 2 aliphatic rings. The van der Waals surface area contributed by atoms with Crippen molar-refractivity contribution in [2.45, 2.75) is 38.5 Å². The Balaban J connectivity index is 1.52. The lowest BCUT2D eigenvalue weighted by Crippen LogP contribution is -2.39. The summed E-state index contributed by atoms with van der Waals surface area (Å²) in [7, 11) is 0. The van der Waals surface area contributed by atoms with Crippen LogP contribution in [-0.2, 0) is 11.2 Å². The van der Waals surface area contributed by atoms with Crippen LogP contribution in [0.2, 0.25) is 0 Å². The normalized spacial score (nSPS) is 17.6. The standard InChI is InChI=1S/C19H27N3O4S/c23-17(24)2-1-7-21-18(25)16-12-14-15(27-16)6-11-22(19(14)26)10-5-13-3-8-20-9-4-13/h12-13,20H,1-11H2,(H,21,25)(H,23,24). The van der Waals surface area contributed by atoms with E-state index in [-0.39, 0.29) is 18.2 Å². The Labute approximate surface area is 163 Å². The van der Waals surface area contributed by atoms with Crippen molar-refractivity contribution in [3.05, 3.63) is 21.4 Å². The highest BCUT2D eigenvalue weighted by Gasteiger charge is 2.28. The van der Waals surface area contributed by atoms with Gasteiger partial charge in [-0.25, -0.2) is 0 Å². The number of nitrogens with one attached hydrogen (secondary N) is 2. The molecule has 1 fully saturated rings. The van der Waals surface area contributed by atoms with Crippen LogP contribution in [-0.4, -0.2) is 60.5 Å². The molecule has 0 aliphatic carbocycles. The lowest BCUT2D eigenvalue weighted by molar-refractivity contribution is -0.137. The third kappa shape index (κ3) is 5.29. The van der Waals surface area contributed by atoms with Gasteiger partial charge in [0, 0.05) is 37.4 Å². The molecule has 148 valence electrons. The van der Waals surface area contributed by atoms with Crippen molar-refractivity contribution in [1.82, 2.24) is 15.5 Å². The Morgan fingerprint density at radius 2 is 2.11 bits per heavy atom. The minimum Gasteiger partial charge on any atom is -0.481 e. The van der Waals surface area contributed by atoms with Crippen molar-refractivity contribution in [2.75, 3.05) is 32.7 Å². The molecule has 0 atom stereocenters. The van der Waals surface area contributed by atoms with Gasteiger partial charge in [0.1, 0.15) is 0 Å². The maximum Gasteiger partial charge on any atom is 0.303 e. The van der Waals surface area contributed by atoms with Gasteiger partial charge in [-0.1, -0.05) is 0 Å². The second-order valence-corrected chi connectivity index (χ2v) is 8.36. The van der Waals surface area contributed by atoms with Gasteiger partial charge < -0.3 is 20.6 Å². The molecular formula is C19H27N3O4S. The number of aliphatic carboxylic acids is 1. The van der Waals surface area contributed by atoms with Crippen molar-refractivity contribution >= 4 is 29.1 Å². The van der Waals surface area contributed by atoms with Crippen molar-refractivity contribution in [2.24, 2.45) is 5.92 Å². The van der Waals surface area contributed by atoms with Crippen molar-refractivity contribution in [1.29, 1.82) is 0 Å². The molecule has 0 aromatic carbocycles. The van der Waals surface area contributed by atoms with Crippen LogP contribution in [0.25, 0.3) is 0 Å². The number of hydrogen-bond acceptors (Lipinski definition) is 5. The molecule has 2 amide bonds. The zero-order valence-electron chi connectivity index (χ0n) is 15.5. The number of thiophene rings is 1. The molecule has 0 unspecified atom stereocenters. The first kappa shape index (κ1) is 19.8. The van der Waals surface area contributed by atoms with E-state index < -0.39 is 5.97 Å². The number of carbonyl (C=O) groups excluding carboxylic acids is 2. The maximum absolute atomic E-state index is 12.8. The van der Waals surface area contributed by atoms with E-state index in [9.17, 15) is 14.4 Å². The molecule has 2 aliphatic heterocycles. The van der Waals surface area contributed by atoms with E-state index in [0.29, 0.717) is 29.3 Å². The van der Waals surface area contributed by atoms with Crippen molar-refractivity contribution < 1.29 is 19.5 Å². The Bertz CT molecular complexity index is 697. The number of hydrogen-bond donors (Lipinski definition) is 3. The van der Waals surface area contributed by atoms with Crippen LogP contribution < -0.4 is 10.6 Å². The smallest absolute Gasteiger partial charge is 0.303 e. The number of amides is 2. The van der Waals surface area contributed by atoms with E-state index in [1.807, 2.05) is 4.90 Å². The van der Waals surface area contributed by atoms with Gasteiger partial charge in [0.15, 0.2) is 0 Å². The maximum atomic E-state index is 12.8. The quantitative estimate of drug-likeness (QED) is 0.584. The van der Waals surface area contributed by atoms with Crippen LogP contribution in [0.1, 0.15) is 57.0 Å². The Hall–Kier alpha value is -1.93. The fourth-order valence-corrected chi connectivity index (χ4v) is 4.72. The van der Waals surface area contributed by atoms with Gasteiger partial charge in [-0.05, 0) is 50.8 Å². The van der Waals surface area contributed by atoms with Gasteiger partial charge in [-0.15, -0.1) is 11.3 Å². The summed E-state index contributed by atoms with van der Waals surface area (Å²) in [5, 5.41) is 14.7. The van der Waals surface area contributed by atoms with Crippen LogP contribution >= 0.6 is 11.3 Å². The summed E-state index contributed by atoms with van der Waals surface area (Å²) in [6.45, 7) is 3.97. The number of rotatable bonds is 8. The number of piperidine rings is 1. The molecule has 0 bridgehead atoms. The van der Waals surface area contributed by atoms with Gasteiger partial charge >= 0.3 is 5.97 Å². The van der Waals surface area contributed by atoms with E-state index >= 15 is 0 Å². The van der Waals surface area contributed by atoms with Gasteiger partial charge in [-0.3, -0.25) is 14.4 Å². The number of carboxylic acids is 1. The molecule has 1 saturated heterocycles. The Morgan fingerprint density at radius 3 is 2.85 bits per heavy atom. The lowest BCUT2D eigenvalue weighted by Gasteiger charge is -2.29. The average molecular weight is 394 g/mol. The largest absolute Gasteiger partial charge is 0.481 e. The summed E-state index contributed by atoms with van der Waals surface area (Å²) in [6.07, 6.45) is 4.63. The van der Waals surface area contributed by atoms with Gasteiger partial charge in [-0.2, -0.15) is 0 Å². The molecule has 3 rings (SSSR count). The highest BCUT2D eigenvalue weighted by atomic mass is 32.1.